The molecule has 0 saturated carbocycles. The number of hydrogen-bond acceptors (Lipinski definition) is 3. The van der Waals surface area contributed by atoms with E-state index in [-0.39, 0.29) is 11.1 Å². The molecule has 6 heteroatoms. The Morgan fingerprint density at radius 1 is 1.00 bits per heavy atom. The van der Waals surface area contributed by atoms with Gasteiger partial charge >= 0.3 is 6.03 Å². The van der Waals surface area contributed by atoms with Crippen molar-refractivity contribution in [3.05, 3.63) is 41.2 Å². The van der Waals surface area contributed by atoms with Crippen LogP contribution in [0.1, 0.15) is 5.56 Å². The number of nitrogens with one attached hydrogen (secondary N) is 2. The molecule has 2 N–H and O–H groups in total. The van der Waals surface area contributed by atoms with E-state index in [2.05, 4.69) is 0 Å². The van der Waals surface area contributed by atoms with Crippen molar-refractivity contribution in [3.8, 4) is 0 Å². The molecule has 17 heavy (non-hydrogen) atoms. The summed E-state index contributed by atoms with van der Waals surface area (Å²) in [5, 5.41) is 3.80. The number of halogens is 1. The van der Waals surface area contributed by atoms with Crippen LogP contribution in [-0.2, 0) is 9.59 Å². The molecule has 1 aromatic rings. The minimum atomic E-state index is -0.884. The average Bonchev–Trinajstić information content (AvgIpc) is 2.25. The van der Waals surface area contributed by atoms with Crippen molar-refractivity contribution < 1.29 is 18.8 Å². The number of carbonyl (C=O) groups excluding carboxylic acids is 3. The van der Waals surface area contributed by atoms with Gasteiger partial charge in [-0.3, -0.25) is 20.2 Å². The SMILES string of the molecule is O=C1NC(=O)C(=Cc2ccccc2F)C(=O)N1. The zero-order valence-corrected chi connectivity index (χ0v) is 8.49. The second-order valence-corrected chi connectivity index (χ2v) is 3.32. The van der Waals surface area contributed by atoms with Gasteiger partial charge in [-0.15, -0.1) is 0 Å². The predicted octanol–water partition coefficient (Wildman–Crippen LogP) is 0.575. The second-order valence-electron chi connectivity index (χ2n) is 3.32. The van der Waals surface area contributed by atoms with Crippen LogP contribution < -0.4 is 10.6 Å². The summed E-state index contributed by atoms with van der Waals surface area (Å²) in [4.78, 5) is 33.5. The third kappa shape index (κ3) is 2.20. The number of imide groups is 2. The van der Waals surface area contributed by atoms with Crippen LogP contribution in [0.4, 0.5) is 9.18 Å². The first-order chi connectivity index (χ1) is 8.08. The van der Waals surface area contributed by atoms with Crippen LogP contribution in [0.2, 0.25) is 0 Å². The minimum Gasteiger partial charge on any atom is -0.273 e. The maximum atomic E-state index is 13.3. The largest absolute Gasteiger partial charge is 0.328 e. The molecule has 0 aromatic heterocycles. The smallest absolute Gasteiger partial charge is 0.273 e. The van der Waals surface area contributed by atoms with Crippen molar-refractivity contribution >= 4 is 23.9 Å². The summed E-state index contributed by atoms with van der Waals surface area (Å²) in [7, 11) is 0. The Kier molecular flexibility index (Phi) is 2.70. The molecule has 0 radical (unpaired) electrons. The van der Waals surface area contributed by atoms with Gasteiger partial charge in [-0.1, -0.05) is 18.2 Å². The highest BCUT2D eigenvalue weighted by Gasteiger charge is 2.27. The van der Waals surface area contributed by atoms with Gasteiger partial charge < -0.3 is 0 Å². The molecule has 4 amide bonds. The fourth-order valence-electron chi connectivity index (χ4n) is 1.35. The molecule has 0 spiro atoms. The number of hydrogen-bond donors (Lipinski definition) is 2. The van der Waals surface area contributed by atoms with Gasteiger partial charge in [0.05, 0.1) is 0 Å². The molecule has 0 bridgehead atoms. The number of amides is 4. The van der Waals surface area contributed by atoms with E-state index >= 15 is 0 Å². The Morgan fingerprint density at radius 2 is 1.59 bits per heavy atom. The molecule has 1 aromatic carbocycles. The maximum absolute atomic E-state index is 13.3. The molecule has 1 fully saturated rings. The lowest BCUT2D eigenvalue weighted by molar-refractivity contribution is -0.123. The molecular weight excluding hydrogens is 227 g/mol. The lowest BCUT2D eigenvalue weighted by Crippen LogP contribution is -2.51. The first-order valence-electron chi connectivity index (χ1n) is 4.71. The van der Waals surface area contributed by atoms with E-state index in [0.717, 1.165) is 6.08 Å². The fraction of sp³-hybridized carbons (Fsp3) is 0. The van der Waals surface area contributed by atoms with Crippen molar-refractivity contribution in [2.75, 3.05) is 0 Å². The van der Waals surface area contributed by atoms with Crippen molar-refractivity contribution in [1.29, 1.82) is 0 Å². The van der Waals surface area contributed by atoms with Crippen molar-refractivity contribution in [2.45, 2.75) is 0 Å². The Labute approximate surface area is 95.3 Å². The Morgan fingerprint density at radius 3 is 2.18 bits per heavy atom. The summed E-state index contributed by atoms with van der Waals surface area (Å²) in [5.41, 5.74) is -0.211. The quantitative estimate of drug-likeness (QED) is 0.551. The first kappa shape index (κ1) is 11.0. The lowest BCUT2D eigenvalue weighted by atomic mass is 10.1. The van der Waals surface area contributed by atoms with Crippen molar-refractivity contribution in [3.63, 3.8) is 0 Å². The van der Waals surface area contributed by atoms with Gasteiger partial charge in [0.2, 0.25) is 0 Å². The minimum absolute atomic E-state index is 0.0992. The fourth-order valence-corrected chi connectivity index (χ4v) is 1.35. The zero-order valence-electron chi connectivity index (χ0n) is 8.49. The summed E-state index contributed by atoms with van der Waals surface area (Å²) >= 11 is 0. The third-order valence-corrected chi connectivity index (χ3v) is 2.15. The van der Waals surface area contributed by atoms with Crippen LogP contribution in [-0.4, -0.2) is 17.8 Å². The normalized spacial score (nSPS) is 15.4. The molecule has 5 nitrogen and oxygen atoms in total. The van der Waals surface area contributed by atoms with Gasteiger partial charge in [0, 0.05) is 5.56 Å². The Bertz CT molecular complexity index is 529. The zero-order chi connectivity index (χ0) is 12.4. The molecular formula is C11H7FN2O3. The van der Waals surface area contributed by atoms with Gasteiger partial charge in [-0.05, 0) is 12.1 Å². The highest BCUT2D eigenvalue weighted by atomic mass is 19.1. The number of rotatable bonds is 1. The van der Waals surface area contributed by atoms with E-state index in [1.54, 1.807) is 6.07 Å². The third-order valence-electron chi connectivity index (χ3n) is 2.15. The van der Waals surface area contributed by atoms with E-state index in [1.807, 2.05) is 10.6 Å². The molecule has 0 unspecified atom stereocenters. The van der Waals surface area contributed by atoms with Crippen LogP contribution in [0, 0.1) is 5.82 Å². The predicted molar refractivity (Wildman–Crippen MR) is 56.1 cm³/mol. The van der Waals surface area contributed by atoms with Gasteiger partial charge in [-0.2, -0.15) is 0 Å². The Balaban J connectivity index is 2.40. The van der Waals surface area contributed by atoms with E-state index in [9.17, 15) is 18.8 Å². The van der Waals surface area contributed by atoms with Crippen molar-refractivity contribution in [2.24, 2.45) is 0 Å². The van der Waals surface area contributed by atoms with Crippen LogP contribution in [0.5, 0.6) is 0 Å². The standard InChI is InChI=1S/C11H7FN2O3/c12-8-4-2-1-3-6(8)5-7-9(15)13-11(17)14-10(7)16/h1-5H,(H2,13,14,15,16,17). The van der Waals surface area contributed by atoms with E-state index in [4.69, 9.17) is 0 Å². The molecule has 1 aliphatic heterocycles. The second kappa shape index (κ2) is 4.17. The summed E-state index contributed by atoms with van der Waals surface area (Å²) < 4.78 is 13.3. The van der Waals surface area contributed by atoms with E-state index < -0.39 is 23.7 Å². The van der Waals surface area contributed by atoms with Crippen LogP contribution >= 0.6 is 0 Å². The monoisotopic (exact) mass is 234 g/mol. The Hall–Kier alpha value is -2.50. The van der Waals surface area contributed by atoms with E-state index in [0.29, 0.717) is 0 Å². The van der Waals surface area contributed by atoms with Crippen molar-refractivity contribution in [1.82, 2.24) is 10.6 Å². The van der Waals surface area contributed by atoms with Gasteiger partial charge in [0.25, 0.3) is 11.8 Å². The lowest BCUT2D eigenvalue weighted by Gasteiger charge is -2.13. The van der Waals surface area contributed by atoms with Gasteiger partial charge in [-0.25, -0.2) is 9.18 Å². The molecule has 86 valence electrons. The number of benzene rings is 1. The highest BCUT2D eigenvalue weighted by Crippen LogP contribution is 2.12. The van der Waals surface area contributed by atoms with Gasteiger partial charge in [0.15, 0.2) is 0 Å². The number of urea groups is 1. The molecule has 0 atom stereocenters. The molecule has 1 heterocycles. The average molecular weight is 234 g/mol. The maximum Gasteiger partial charge on any atom is 0.328 e. The van der Waals surface area contributed by atoms with Gasteiger partial charge in [0.1, 0.15) is 11.4 Å². The van der Waals surface area contributed by atoms with Crippen LogP contribution in [0.25, 0.3) is 6.08 Å². The topological polar surface area (TPSA) is 75.3 Å². The molecule has 0 aliphatic carbocycles. The first-order valence-corrected chi connectivity index (χ1v) is 4.71. The highest BCUT2D eigenvalue weighted by molar-refractivity contribution is 6.31. The number of barbiturate groups is 1. The summed E-state index contributed by atoms with van der Waals surface area (Å²) in [6, 6.07) is 4.79. The van der Waals surface area contributed by atoms with Crippen LogP contribution in [0.3, 0.4) is 0 Å². The summed E-state index contributed by atoms with van der Waals surface area (Å²) in [6.07, 6.45) is 1.09. The summed E-state index contributed by atoms with van der Waals surface area (Å²) in [6.45, 7) is 0. The molecule has 2 rings (SSSR count). The molecule has 1 saturated heterocycles. The molecule has 1 aliphatic rings. The van der Waals surface area contributed by atoms with Crippen LogP contribution in [0.15, 0.2) is 29.8 Å². The van der Waals surface area contributed by atoms with E-state index in [1.165, 1.54) is 18.2 Å². The summed E-state index contributed by atoms with van der Waals surface area (Å²) in [5.74, 6) is -2.25. The number of carbonyl (C=O) groups is 3.